The van der Waals surface area contributed by atoms with Crippen LogP contribution >= 0.6 is 11.6 Å². The lowest BCUT2D eigenvalue weighted by Crippen LogP contribution is -2.47. The SMILES string of the molecule is CC(C)n1cc(Cl)cc1C(=O)N1CCCC1C1CCCN1. The van der Waals surface area contributed by atoms with E-state index in [1.54, 1.807) is 6.07 Å². The molecular weight excluding hydrogens is 286 g/mol. The summed E-state index contributed by atoms with van der Waals surface area (Å²) in [6.07, 6.45) is 6.47. The molecule has 1 aromatic rings. The quantitative estimate of drug-likeness (QED) is 0.931. The molecule has 2 aliphatic rings. The molecule has 3 rings (SSSR count). The zero-order valence-corrected chi connectivity index (χ0v) is 13.6. The zero-order chi connectivity index (χ0) is 15.0. The Bertz CT molecular complexity index is 520. The van der Waals surface area contributed by atoms with Crippen molar-refractivity contribution >= 4 is 17.5 Å². The van der Waals surface area contributed by atoms with Crippen molar-refractivity contribution < 1.29 is 4.79 Å². The highest BCUT2D eigenvalue weighted by Gasteiger charge is 2.37. The number of amides is 1. The summed E-state index contributed by atoms with van der Waals surface area (Å²) >= 11 is 6.12. The first-order valence-electron chi connectivity index (χ1n) is 7.99. The monoisotopic (exact) mass is 309 g/mol. The number of hydrogen-bond donors (Lipinski definition) is 1. The topological polar surface area (TPSA) is 37.3 Å². The van der Waals surface area contributed by atoms with Crippen molar-refractivity contribution in [1.82, 2.24) is 14.8 Å². The lowest BCUT2D eigenvalue weighted by molar-refractivity contribution is 0.0698. The molecule has 1 N–H and O–H groups in total. The average molecular weight is 310 g/mol. The molecule has 2 unspecified atom stereocenters. The zero-order valence-electron chi connectivity index (χ0n) is 12.8. The molecule has 2 fully saturated rings. The largest absolute Gasteiger partial charge is 0.339 e. The number of nitrogens with zero attached hydrogens (tertiary/aromatic N) is 2. The molecule has 0 radical (unpaired) electrons. The molecule has 5 heteroatoms. The smallest absolute Gasteiger partial charge is 0.270 e. The summed E-state index contributed by atoms with van der Waals surface area (Å²) in [6, 6.07) is 2.85. The molecule has 0 aromatic carbocycles. The van der Waals surface area contributed by atoms with E-state index in [2.05, 4.69) is 24.1 Å². The van der Waals surface area contributed by atoms with Gasteiger partial charge in [-0.3, -0.25) is 4.79 Å². The maximum absolute atomic E-state index is 13.0. The number of nitrogens with one attached hydrogen (secondary N) is 1. The summed E-state index contributed by atoms with van der Waals surface area (Å²) in [5, 5.41) is 4.19. The molecule has 21 heavy (non-hydrogen) atoms. The van der Waals surface area contributed by atoms with Crippen molar-refractivity contribution in [1.29, 1.82) is 0 Å². The number of likely N-dealkylation sites (tertiary alicyclic amines) is 1. The van der Waals surface area contributed by atoms with Gasteiger partial charge in [-0.25, -0.2) is 0 Å². The molecule has 116 valence electrons. The molecule has 4 nitrogen and oxygen atoms in total. The van der Waals surface area contributed by atoms with Gasteiger partial charge in [-0.2, -0.15) is 0 Å². The van der Waals surface area contributed by atoms with E-state index in [4.69, 9.17) is 11.6 Å². The van der Waals surface area contributed by atoms with E-state index in [0.29, 0.717) is 17.1 Å². The molecule has 2 saturated heterocycles. The second-order valence-electron chi connectivity index (χ2n) is 6.46. The van der Waals surface area contributed by atoms with E-state index in [0.717, 1.165) is 31.6 Å². The minimum absolute atomic E-state index is 0.131. The Morgan fingerprint density at radius 2 is 2.19 bits per heavy atom. The Labute approximate surface area is 131 Å². The highest BCUT2D eigenvalue weighted by Crippen LogP contribution is 2.28. The number of carbonyl (C=O) groups is 1. The Hall–Kier alpha value is -1.00. The van der Waals surface area contributed by atoms with Crippen molar-refractivity contribution in [3.8, 4) is 0 Å². The van der Waals surface area contributed by atoms with Gasteiger partial charge >= 0.3 is 0 Å². The van der Waals surface area contributed by atoms with Crippen LogP contribution in [0.3, 0.4) is 0 Å². The van der Waals surface area contributed by atoms with Crippen molar-refractivity contribution in [2.24, 2.45) is 0 Å². The summed E-state index contributed by atoms with van der Waals surface area (Å²) < 4.78 is 1.99. The van der Waals surface area contributed by atoms with Crippen LogP contribution in [0, 0.1) is 0 Å². The Balaban J connectivity index is 1.83. The molecule has 0 bridgehead atoms. The molecule has 3 heterocycles. The minimum Gasteiger partial charge on any atom is -0.339 e. The number of carbonyl (C=O) groups excluding carboxylic acids is 1. The van der Waals surface area contributed by atoms with Gasteiger partial charge in [-0.1, -0.05) is 11.6 Å². The van der Waals surface area contributed by atoms with Gasteiger partial charge in [-0.15, -0.1) is 0 Å². The Kier molecular flexibility index (Phi) is 4.27. The van der Waals surface area contributed by atoms with Crippen molar-refractivity contribution in [3.63, 3.8) is 0 Å². The lowest BCUT2D eigenvalue weighted by atomic mass is 10.0. The van der Waals surface area contributed by atoms with E-state index >= 15 is 0 Å². The van der Waals surface area contributed by atoms with Crippen molar-refractivity contribution in [3.05, 3.63) is 23.0 Å². The van der Waals surface area contributed by atoms with Crippen LogP contribution in [0.25, 0.3) is 0 Å². The molecular formula is C16H24ClN3O. The fraction of sp³-hybridized carbons (Fsp3) is 0.688. The number of hydrogen-bond acceptors (Lipinski definition) is 2. The number of rotatable bonds is 3. The second kappa shape index (κ2) is 6.01. The van der Waals surface area contributed by atoms with E-state index < -0.39 is 0 Å². The van der Waals surface area contributed by atoms with E-state index in [1.807, 2.05) is 10.8 Å². The molecule has 0 spiro atoms. The maximum atomic E-state index is 13.0. The summed E-state index contributed by atoms with van der Waals surface area (Å²) in [5.41, 5.74) is 0.722. The molecule has 0 aliphatic carbocycles. The highest BCUT2D eigenvalue weighted by atomic mass is 35.5. The first-order valence-corrected chi connectivity index (χ1v) is 8.37. The summed E-state index contributed by atoms with van der Waals surface area (Å²) in [7, 11) is 0. The van der Waals surface area contributed by atoms with Crippen LogP contribution < -0.4 is 5.32 Å². The maximum Gasteiger partial charge on any atom is 0.270 e. The summed E-state index contributed by atoms with van der Waals surface area (Å²) in [5.74, 6) is 0.131. The number of aromatic nitrogens is 1. The molecule has 0 saturated carbocycles. The van der Waals surface area contributed by atoms with Gasteiger partial charge in [0.1, 0.15) is 5.69 Å². The molecule has 2 atom stereocenters. The van der Waals surface area contributed by atoms with Crippen LogP contribution in [0.5, 0.6) is 0 Å². The highest BCUT2D eigenvalue weighted by molar-refractivity contribution is 6.31. The number of halogens is 1. The van der Waals surface area contributed by atoms with Crippen molar-refractivity contribution in [2.75, 3.05) is 13.1 Å². The molecule has 1 aromatic heterocycles. The van der Waals surface area contributed by atoms with Crippen LogP contribution in [0.1, 0.15) is 56.1 Å². The third-order valence-corrected chi connectivity index (χ3v) is 4.92. The van der Waals surface area contributed by atoms with Gasteiger partial charge in [0.2, 0.25) is 0 Å². The van der Waals surface area contributed by atoms with Crippen LogP contribution in [0.4, 0.5) is 0 Å². The molecule has 2 aliphatic heterocycles. The van der Waals surface area contributed by atoms with Crippen LogP contribution in [-0.4, -0.2) is 40.5 Å². The van der Waals surface area contributed by atoms with E-state index in [-0.39, 0.29) is 11.9 Å². The van der Waals surface area contributed by atoms with E-state index in [1.165, 1.54) is 12.8 Å². The Morgan fingerprint density at radius 1 is 1.38 bits per heavy atom. The third-order valence-electron chi connectivity index (χ3n) is 4.71. The van der Waals surface area contributed by atoms with Crippen LogP contribution in [-0.2, 0) is 0 Å². The van der Waals surface area contributed by atoms with Gasteiger partial charge in [0, 0.05) is 30.9 Å². The average Bonchev–Trinajstić information content (AvgIpc) is 3.17. The van der Waals surface area contributed by atoms with Crippen LogP contribution in [0.2, 0.25) is 5.02 Å². The van der Waals surface area contributed by atoms with Crippen molar-refractivity contribution in [2.45, 2.75) is 57.7 Å². The van der Waals surface area contributed by atoms with Crippen LogP contribution in [0.15, 0.2) is 12.3 Å². The predicted molar refractivity (Wildman–Crippen MR) is 84.9 cm³/mol. The first-order chi connectivity index (χ1) is 10.1. The minimum atomic E-state index is 0.131. The van der Waals surface area contributed by atoms with Gasteiger partial charge in [0.05, 0.1) is 5.02 Å². The standard InChI is InChI=1S/C16H24ClN3O/c1-11(2)20-10-12(17)9-15(20)16(21)19-8-4-6-14(19)13-5-3-7-18-13/h9-11,13-14,18H,3-8H2,1-2H3. The van der Waals surface area contributed by atoms with Gasteiger partial charge in [0.15, 0.2) is 0 Å². The lowest BCUT2D eigenvalue weighted by Gasteiger charge is -2.30. The third kappa shape index (κ3) is 2.84. The van der Waals surface area contributed by atoms with Gasteiger partial charge < -0.3 is 14.8 Å². The summed E-state index contributed by atoms with van der Waals surface area (Å²) in [4.78, 5) is 15.0. The second-order valence-corrected chi connectivity index (χ2v) is 6.89. The normalized spacial score (nSPS) is 26.0. The first kappa shape index (κ1) is 14.9. The van der Waals surface area contributed by atoms with Gasteiger partial charge in [-0.05, 0) is 52.1 Å². The van der Waals surface area contributed by atoms with E-state index in [9.17, 15) is 4.79 Å². The fourth-order valence-electron chi connectivity index (χ4n) is 3.69. The predicted octanol–water partition coefficient (Wildman–Crippen LogP) is 3.08. The van der Waals surface area contributed by atoms with Gasteiger partial charge in [0.25, 0.3) is 5.91 Å². The fourth-order valence-corrected chi connectivity index (χ4v) is 3.90. The molecule has 1 amide bonds. The summed E-state index contributed by atoms with van der Waals surface area (Å²) in [6.45, 7) is 6.10. The Morgan fingerprint density at radius 3 is 2.86 bits per heavy atom.